The van der Waals surface area contributed by atoms with Crippen molar-refractivity contribution in [3.05, 3.63) is 0 Å². The zero-order chi connectivity index (χ0) is 7.68. The van der Waals surface area contributed by atoms with E-state index in [9.17, 15) is 0 Å². The molecule has 0 atom stereocenters. The van der Waals surface area contributed by atoms with E-state index in [1.807, 2.05) is 0 Å². The van der Waals surface area contributed by atoms with Crippen LogP contribution in [0.3, 0.4) is 0 Å². The molecular weight excluding hydrogens is 138 g/mol. The first-order valence-corrected chi connectivity index (χ1v) is 4.50. The molecule has 0 N–H and O–H groups in total. The lowest BCUT2D eigenvalue weighted by atomic mass is 9.70. The molecule has 3 aliphatic carbocycles. The van der Waals surface area contributed by atoms with E-state index in [-0.39, 0.29) is 0 Å². The van der Waals surface area contributed by atoms with E-state index in [2.05, 4.69) is 5.16 Å². The quantitative estimate of drug-likeness (QED) is 0.529. The Morgan fingerprint density at radius 3 is 2.45 bits per heavy atom. The lowest BCUT2D eigenvalue weighted by molar-refractivity contribution is 0.197. The zero-order valence-electron chi connectivity index (χ0n) is 7.05. The number of hydrogen-bond donors (Lipinski definition) is 0. The van der Waals surface area contributed by atoms with Gasteiger partial charge in [0.25, 0.3) is 0 Å². The van der Waals surface area contributed by atoms with Crippen LogP contribution in [-0.4, -0.2) is 12.8 Å². The van der Waals surface area contributed by atoms with Crippen LogP contribution >= 0.6 is 0 Å². The highest BCUT2D eigenvalue weighted by atomic mass is 16.6. The van der Waals surface area contributed by atoms with Gasteiger partial charge in [-0.25, -0.2) is 0 Å². The summed E-state index contributed by atoms with van der Waals surface area (Å²) in [5, 5.41) is 4.08. The predicted molar refractivity (Wildman–Crippen MR) is 44.5 cm³/mol. The maximum atomic E-state index is 4.82. The summed E-state index contributed by atoms with van der Waals surface area (Å²) < 4.78 is 0. The van der Waals surface area contributed by atoms with Gasteiger partial charge in [0.1, 0.15) is 7.11 Å². The standard InChI is InChI=1S/C9H15NO/c1-11-10-9-6-7-2-4-8(9)5-3-7/h7-8H,2-6H2,1H3. The van der Waals surface area contributed by atoms with Crippen LogP contribution in [0.25, 0.3) is 0 Å². The second-order valence-corrected chi connectivity index (χ2v) is 3.69. The van der Waals surface area contributed by atoms with E-state index in [1.54, 1.807) is 7.11 Å². The Hall–Kier alpha value is -0.530. The number of fused-ring (bicyclic) bond motifs is 3. The van der Waals surface area contributed by atoms with Crippen LogP contribution in [0.1, 0.15) is 32.1 Å². The van der Waals surface area contributed by atoms with Gasteiger partial charge in [-0.1, -0.05) is 5.16 Å². The average Bonchev–Trinajstić information content (AvgIpc) is 2.07. The maximum absolute atomic E-state index is 4.82. The van der Waals surface area contributed by atoms with Crippen molar-refractivity contribution in [2.75, 3.05) is 7.11 Å². The van der Waals surface area contributed by atoms with Crippen molar-refractivity contribution in [3.8, 4) is 0 Å². The highest BCUT2D eigenvalue weighted by molar-refractivity contribution is 5.87. The molecule has 0 saturated heterocycles. The summed E-state index contributed by atoms with van der Waals surface area (Å²) in [4.78, 5) is 4.82. The molecule has 3 fully saturated rings. The van der Waals surface area contributed by atoms with Crippen molar-refractivity contribution in [2.45, 2.75) is 32.1 Å². The summed E-state index contributed by atoms with van der Waals surface area (Å²) in [6, 6.07) is 0. The molecule has 0 radical (unpaired) electrons. The van der Waals surface area contributed by atoms with Crippen LogP contribution in [0.15, 0.2) is 5.16 Å². The molecule has 0 heterocycles. The minimum Gasteiger partial charge on any atom is -0.399 e. The van der Waals surface area contributed by atoms with Crippen LogP contribution in [0.5, 0.6) is 0 Å². The Morgan fingerprint density at radius 2 is 2.00 bits per heavy atom. The molecule has 0 aromatic carbocycles. The Kier molecular flexibility index (Phi) is 1.84. The molecule has 3 saturated carbocycles. The van der Waals surface area contributed by atoms with E-state index >= 15 is 0 Å². The fourth-order valence-corrected chi connectivity index (χ4v) is 2.39. The SMILES string of the molecule is CON=C1CC2CCC1CC2. The van der Waals surface area contributed by atoms with E-state index in [1.165, 1.54) is 37.8 Å². The van der Waals surface area contributed by atoms with Gasteiger partial charge in [0, 0.05) is 5.92 Å². The zero-order valence-corrected chi connectivity index (χ0v) is 7.05. The first kappa shape index (κ1) is 7.14. The molecule has 0 spiro atoms. The van der Waals surface area contributed by atoms with Crippen molar-refractivity contribution < 1.29 is 4.84 Å². The van der Waals surface area contributed by atoms with Crippen molar-refractivity contribution in [3.63, 3.8) is 0 Å². The summed E-state index contributed by atoms with van der Waals surface area (Å²) in [7, 11) is 1.65. The number of oxime groups is 1. The molecule has 2 heteroatoms. The highest BCUT2D eigenvalue weighted by Crippen LogP contribution is 2.39. The van der Waals surface area contributed by atoms with Gasteiger partial charge in [-0.2, -0.15) is 0 Å². The fourth-order valence-electron chi connectivity index (χ4n) is 2.39. The molecule has 11 heavy (non-hydrogen) atoms. The van der Waals surface area contributed by atoms with Gasteiger partial charge in [0.2, 0.25) is 0 Å². The van der Waals surface area contributed by atoms with Crippen molar-refractivity contribution in [2.24, 2.45) is 17.0 Å². The summed E-state index contributed by atoms with van der Waals surface area (Å²) in [5.74, 6) is 1.69. The monoisotopic (exact) mass is 153 g/mol. The van der Waals surface area contributed by atoms with Gasteiger partial charge in [-0.15, -0.1) is 0 Å². The molecule has 62 valence electrons. The lowest BCUT2D eigenvalue weighted by Gasteiger charge is -2.36. The van der Waals surface area contributed by atoms with E-state index in [0.717, 1.165) is 11.8 Å². The van der Waals surface area contributed by atoms with Crippen LogP contribution in [0.2, 0.25) is 0 Å². The maximum Gasteiger partial charge on any atom is 0.106 e. The second kappa shape index (κ2) is 2.84. The first-order chi connectivity index (χ1) is 5.40. The molecule has 2 bridgehead atoms. The summed E-state index contributed by atoms with van der Waals surface area (Å²) in [5.41, 5.74) is 1.33. The third-order valence-corrected chi connectivity index (χ3v) is 3.02. The number of nitrogens with zero attached hydrogens (tertiary/aromatic N) is 1. The predicted octanol–water partition coefficient (Wildman–Crippen LogP) is 2.20. The van der Waals surface area contributed by atoms with Crippen molar-refractivity contribution >= 4 is 5.71 Å². The summed E-state index contributed by atoms with van der Waals surface area (Å²) in [6.07, 6.45) is 6.76. The summed E-state index contributed by atoms with van der Waals surface area (Å²) >= 11 is 0. The number of rotatable bonds is 1. The average molecular weight is 153 g/mol. The molecule has 0 aliphatic heterocycles. The molecule has 3 aliphatic rings. The van der Waals surface area contributed by atoms with Gasteiger partial charge >= 0.3 is 0 Å². The first-order valence-electron chi connectivity index (χ1n) is 4.50. The molecule has 3 rings (SSSR count). The number of hydrogen-bond acceptors (Lipinski definition) is 2. The normalized spacial score (nSPS) is 39.5. The Morgan fingerprint density at radius 1 is 1.27 bits per heavy atom. The smallest absolute Gasteiger partial charge is 0.106 e. The van der Waals surface area contributed by atoms with Crippen LogP contribution in [-0.2, 0) is 4.84 Å². The minimum absolute atomic E-state index is 0.764. The van der Waals surface area contributed by atoms with Gasteiger partial charge in [-0.05, 0) is 38.0 Å². The van der Waals surface area contributed by atoms with Gasteiger partial charge in [0.15, 0.2) is 0 Å². The molecule has 2 nitrogen and oxygen atoms in total. The topological polar surface area (TPSA) is 21.6 Å². The van der Waals surface area contributed by atoms with Crippen LogP contribution in [0.4, 0.5) is 0 Å². The third kappa shape index (κ3) is 1.26. The fraction of sp³-hybridized carbons (Fsp3) is 0.889. The molecule has 0 aromatic heterocycles. The largest absolute Gasteiger partial charge is 0.399 e. The Balaban J connectivity index is 2.08. The molecule has 0 aromatic rings. The minimum atomic E-state index is 0.764. The van der Waals surface area contributed by atoms with E-state index in [4.69, 9.17) is 4.84 Å². The Bertz CT molecular complexity index is 168. The van der Waals surface area contributed by atoms with Gasteiger partial charge in [-0.3, -0.25) is 0 Å². The summed E-state index contributed by atoms with van der Waals surface area (Å²) in [6.45, 7) is 0. The highest BCUT2D eigenvalue weighted by Gasteiger charge is 2.32. The van der Waals surface area contributed by atoms with Crippen molar-refractivity contribution in [1.82, 2.24) is 0 Å². The molecular formula is C9H15NO. The third-order valence-electron chi connectivity index (χ3n) is 3.02. The molecule has 0 amide bonds. The Labute approximate surface area is 67.6 Å². The second-order valence-electron chi connectivity index (χ2n) is 3.69. The van der Waals surface area contributed by atoms with Crippen molar-refractivity contribution in [1.29, 1.82) is 0 Å². The molecule has 0 unspecified atom stereocenters. The van der Waals surface area contributed by atoms with Crippen LogP contribution < -0.4 is 0 Å². The van der Waals surface area contributed by atoms with Gasteiger partial charge in [0.05, 0.1) is 5.71 Å². The van der Waals surface area contributed by atoms with Crippen LogP contribution in [0, 0.1) is 11.8 Å². The van der Waals surface area contributed by atoms with E-state index < -0.39 is 0 Å². The van der Waals surface area contributed by atoms with E-state index in [0.29, 0.717) is 0 Å². The van der Waals surface area contributed by atoms with Gasteiger partial charge < -0.3 is 4.84 Å². The lowest BCUT2D eigenvalue weighted by Crippen LogP contribution is -2.31.